The fourth-order valence-electron chi connectivity index (χ4n) is 1.55. The van der Waals surface area contributed by atoms with Crippen molar-refractivity contribution in [2.24, 2.45) is 0 Å². The number of hydrogen-bond acceptors (Lipinski definition) is 4. The summed E-state index contributed by atoms with van der Waals surface area (Å²) in [6, 6.07) is 11.5. The van der Waals surface area contributed by atoms with E-state index < -0.39 is 18.1 Å². The molecule has 0 aliphatic carbocycles. The Balaban J connectivity index is 2.24. The number of halogens is 2. The Bertz CT molecular complexity index is 871. The summed E-state index contributed by atoms with van der Waals surface area (Å²) in [5.41, 5.74) is 1.19. The fourth-order valence-corrected chi connectivity index (χ4v) is 3.09. The zero-order chi connectivity index (χ0) is 16.4. The molecule has 0 saturated carbocycles. The van der Waals surface area contributed by atoms with Gasteiger partial charge in [-0.25, -0.2) is 16.8 Å². The van der Waals surface area contributed by atoms with Gasteiger partial charge in [-0.2, -0.15) is 0 Å². The maximum absolute atomic E-state index is 11.1. The van der Waals surface area contributed by atoms with E-state index in [1.165, 1.54) is 48.5 Å². The lowest BCUT2D eigenvalue weighted by Crippen LogP contribution is -1.90. The highest BCUT2D eigenvalue weighted by Crippen LogP contribution is 2.16. The second-order valence-electron chi connectivity index (χ2n) is 4.17. The van der Waals surface area contributed by atoms with Crippen LogP contribution in [0.15, 0.2) is 58.3 Å². The van der Waals surface area contributed by atoms with Gasteiger partial charge in [0.05, 0.1) is 9.79 Å². The van der Waals surface area contributed by atoms with Crippen molar-refractivity contribution in [1.29, 1.82) is 0 Å². The zero-order valence-electron chi connectivity index (χ0n) is 10.8. The van der Waals surface area contributed by atoms with Gasteiger partial charge in [0, 0.05) is 32.5 Å². The third kappa shape index (κ3) is 4.49. The maximum atomic E-state index is 11.1. The van der Waals surface area contributed by atoms with Crippen molar-refractivity contribution in [2.45, 2.75) is 9.79 Å². The predicted octanol–water partition coefficient (Wildman–Crippen LogP) is 2.94. The van der Waals surface area contributed by atoms with Crippen LogP contribution in [0.25, 0.3) is 0 Å². The maximum Gasteiger partial charge on any atom is 0.261 e. The van der Waals surface area contributed by atoms with Gasteiger partial charge in [-0.05, 0) is 48.5 Å². The van der Waals surface area contributed by atoms with Crippen LogP contribution < -0.4 is 0 Å². The molecule has 0 aromatic heterocycles. The molecule has 0 fully saturated rings. The molecule has 0 atom stereocenters. The van der Waals surface area contributed by atoms with E-state index in [0.717, 1.165) is 0 Å². The first kappa shape index (κ1) is 16.8. The SMILES string of the molecule is O=S(=O)(Cl)c1ccc(C#Cc2ccc(S(=O)(=O)Cl)cc2)cc1. The summed E-state index contributed by atoms with van der Waals surface area (Å²) in [6.07, 6.45) is 0. The van der Waals surface area contributed by atoms with Gasteiger partial charge in [0.15, 0.2) is 0 Å². The summed E-state index contributed by atoms with van der Waals surface area (Å²) >= 11 is 0. The molecule has 114 valence electrons. The van der Waals surface area contributed by atoms with Crippen LogP contribution in [0.5, 0.6) is 0 Å². The Morgan fingerprint density at radius 3 is 1.09 bits per heavy atom. The molecular formula is C14H8Cl2O4S2. The normalized spacial score (nSPS) is 11.5. The molecule has 0 radical (unpaired) electrons. The molecule has 0 saturated heterocycles. The topological polar surface area (TPSA) is 68.3 Å². The second kappa shape index (κ2) is 6.31. The molecule has 8 heteroatoms. The van der Waals surface area contributed by atoms with Crippen molar-refractivity contribution in [3.63, 3.8) is 0 Å². The van der Waals surface area contributed by atoms with Crippen molar-refractivity contribution in [2.75, 3.05) is 0 Å². The Morgan fingerprint density at radius 2 is 0.864 bits per heavy atom. The van der Waals surface area contributed by atoms with Crippen LogP contribution in [-0.4, -0.2) is 16.8 Å². The van der Waals surface area contributed by atoms with Gasteiger partial charge in [-0.1, -0.05) is 11.8 Å². The van der Waals surface area contributed by atoms with Gasteiger partial charge < -0.3 is 0 Å². The molecule has 0 aliphatic heterocycles. The first-order valence-electron chi connectivity index (χ1n) is 5.78. The van der Waals surface area contributed by atoms with E-state index in [1.54, 1.807) is 0 Å². The van der Waals surface area contributed by atoms with Crippen molar-refractivity contribution in [1.82, 2.24) is 0 Å². The Kier molecular flexibility index (Phi) is 4.83. The van der Waals surface area contributed by atoms with Crippen molar-refractivity contribution >= 4 is 39.5 Å². The highest BCUT2D eigenvalue weighted by Gasteiger charge is 2.09. The first-order valence-corrected chi connectivity index (χ1v) is 10.4. The van der Waals surface area contributed by atoms with Crippen LogP contribution in [-0.2, 0) is 18.1 Å². The molecule has 2 aromatic carbocycles. The van der Waals surface area contributed by atoms with Gasteiger partial charge in [-0.3, -0.25) is 0 Å². The van der Waals surface area contributed by atoms with E-state index in [1.807, 2.05) is 0 Å². The average molecular weight is 375 g/mol. The molecule has 0 bridgehead atoms. The molecule has 2 aromatic rings. The minimum Gasteiger partial charge on any atom is -0.207 e. The predicted molar refractivity (Wildman–Crippen MR) is 84.9 cm³/mol. The summed E-state index contributed by atoms with van der Waals surface area (Å²) in [5, 5.41) is 0. The van der Waals surface area contributed by atoms with E-state index in [9.17, 15) is 16.8 Å². The van der Waals surface area contributed by atoms with Gasteiger partial charge in [0.2, 0.25) is 0 Å². The molecule has 4 nitrogen and oxygen atoms in total. The minimum absolute atomic E-state index is 0.00334. The third-order valence-corrected chi connectivity index (χ3v) is 5.36. The molecular weight excluding hydrogens is 367 g/mol. The Hall–Kier alpha value is -1.52. The fraction of sp³-hybridized carbons (Fsp3) is 0. The summed E-state index contributed by atoms with van der Waals surface area (Å²) in [5.74, 6) is 5.65. The van der Waals surface area contributed by atoms with Gasteiger partial charge in [0.25, 0.3) is 18.1 Å². The van der Waals surface area contributed by atoms with Crippen LogP contribution in [0.4, 0.5) is 0 Å². The van der Waals surface area contributed by atoms with Gasteiger partial charge >= 0.3 is 0 Å². The highest BCUT2D eigenvalue weighted by molar-refractivity contribution is 8.14. The summed E-state index contributed by atoms with van der Waals surface area (Å²) in [6.45, 7) is 0. The van der Waals surface area contributed by atoms with E-state index in [-0.39, 0.29) is 9.79 Å². The van der Waals surface area contributed by atoms with Crippen molar-refractivity contribution in [3.05, 3.63) is 59.7 Å². The Labute approximate surface area is 137 Å². The van der Waals surface area contributed by atoms with Crippen LogP contribution >= 0.6 is 21.4 Å². The monoisotopic (exact) mass is 374 g/mol. The second-order valence-corrected chi connectivity index (χ2v) is 9.31. The molecule has 0 N–H and O–H groups in total. The molecule has 0 aliphatic rings. The first-order chi connectivity index (χ1) is 10.2. The molecule has 0 heterocycles. The van der Waals surface area contributed by atoms with Crippen LogP contribution in [0, 0.1) is 11.8 Å². The standard InChI is InChI=1S/C14H8Cl2O4S2/c15-21(17,18)13-7-3-11(4-8-13)1-2-12-5-9-14(10-6-12)22(16,19)20/h3-10H. The van der Waals surface area contributed by atoms with Crippen molar-refractivity contribution in [3.8, 4) is 11.8 Å². The average Bonchev–Trinajstić information content (AvgIpc) is 2.44. The highest BCUT2D eigenvalue weighted by atomic mass is 35.7. The lowest BCUT2D eigenvalue weighted by Gasteiger charge is -1.96. The number of benzene rings is 2. The zero-order valence-corrected chi connectivity index (χ0v) is 14.0. The molecule has 0 spiro atoms. The lowest BCUT2D eigenvalue weighted by atomic mass is 10.2. The van der Waals surface area contributed by atoms with E-state index in [4.69, 9.17) is 21.4 Å². The number of hydrogen-bond donors (Lipinski definition) is 0. The Morgan fingerprint density at radius 1 is 0.591 bits per heavy atom. The van der Waals surface area contributed by atoms with E-state index in [2.05, 4.69) is 11.8 Å². The summed E-state index contributed by atoms with van der Waals surface area (Å²) in [4.78, 5) is -0.00669. The van der Waals surface area contributed by atoms with Gasteiger partial charge in [0.1, 0.15) is 0 Å². The summed E-state index contributed by atoms with van der Waals surface area (Å²) in [7, 11) is 2.92. The van der Waals surface area contributed by atoms with Crippen LogP contribution in [0.3, 0.4) is 0 Å². The van der Waals surface area contributed by atoms with Crippen molar-refractivity contribution < 1.29 is 16.8 Å². The molecule has 2 rings (SSSR count). The molecule has 22 heavy (non-hydrogen) atoms. The van der Waals surface area contributed by atoms with Gasteiger partial charge in [-0.15, -0.1) is 0 Å². The third-order valence-electron chi connectivity index (χ3n) is 2.62. The number of rotatable bonds is 2. The minimum atomic E-state index is -3.75. The molecule has 0 unspecified atom stereocenters. The quantitative estimate of drug-likeness (QED) is 0.598. The summed E-state index contributed by atoms with van der Waals surface area (Å²) < 4.78 is 44.4. The van der Waals surface area contributed by atoms with E-state index >= 15 is 0 Å². The smallest absolute Gasteiger partial charge is 0.207 e. The van der Waals surface area contributed by atoms with Crippen LogP contribution in [0.2, 0.25) is 0 Å². The van der Waals surface area contributed by atoms with E-state index in [0.29, 0.717) is 11.1 Å². The largest absolute Gasteiger partial charge is 0.261 e. The van der Waals surface area contributed by atoms with Crippen LogP contribution in [0.1, 0.15) is 11.1 Å². The molecule has 0 amide bonds. The lowest BCUT2D eigenvalue weighted by molar-refractivity contribution is 0.608.